The lowest BCUT2D eigenvalue weighted by molar-refractivity contribution is -0.134. The molecule has 19 heavy (non-hydrogen) atoms. The maximum Gasteiger partial charge on any atom is 0.226 e. The average molecular weight is 257 g/mol. The molecule has 2 aliphatic rings. The molecule has 3 rings (SSSR count). The Hall–Kier alpha value is -1.64. The summed E-state index contributed by atoms with van der Waals surface area (Å²) in [6.07, 6.45) is 3.30. The summed E-state index contributed by atoms with van der Waals surface area (Å²) >= 11 is 0. The normalized spacial score (nSPS) is 22.5. The molecule has 3 nitrogen and oxygen atoms in total. The number of benzene rings is 1. The lowest BCUT2D eigenvalue weighted by Gasteiger charge is -2.27. The summed E-state index contributed by atoms with van der Waals surface area (Å²) in [4.78, 5) is 26.5. The smallest absolute Gasteiger partial charge is 0.226 e. The van der Waals surface area contributed by atoms with Gasteiger partial charge in [-0.3, -0.25) is 9.59 Å². The molecule has 3 heteroatoms. The van der Waals surface area contributed by atoms with Gasteiger partial charge in [0.05, 0.1) is 0 Å². The summed E-state index contributed by atoms with van der Waals surface area (Å²) in [6, 6.07) is 5.98. The van der Waals surface area contributed by atoms with E-state index in [1.807, 2.05) is 30.0 Å². The fourth-order valence-corrected chi connectivity index (χ4v) is 3.17. The summed E-state index contributed by atoms with van der Waals surface area (Å²) in [5.41, 5.74) is 2.97. The van der Waals surface area contributed by atoms with Crippen molar-refractivity contribution in [3.05, 3.63) is 34.9 Å². The molecule has 1 heterocycles. The summed E-state index contributed by atoms with van der Waals surface area (Å²) in [5, 5.41) is 0. The minimum Gasteiger partial charge on any atom is -0.342 e. The maximum absolute atomic E-state index is 12.4. The van der Waals surface area contributed by atoms with Gasteiger partial charge in [0.2, 0.25) is 5.91 Å². The summed E-state index contributed by atoms with van der Waals surface area (Å²) in [6.45, 7) is 3.73. The number of carbonyl (C=O) groups is 2. The first-order chi connectivity index (χ1) is 9.15. The Labute approximate surface area is 113 Å². The SMILES string of the molecule is Cc1ccc2c(c1)C(=O)CC(C(=O)N1CCCC1)C2. The molecule has 1 atom stereocenters. The molecule has 0 radical (unpaired) electrons. The Morgan fingerprint density at radius 2 is 1.95 bits per heavy atom. The lowest BCUT2D eigenvalue weighted by atomic mass is 9.81. The number of likely N-dealkylation sites (tertiary alicyclic amines) is 1. The van der Waals surface area contributed by atoms with Gasteiger partial charge in [-0.1, -0.05) is 17.7 Å². The molecule has 1 aliphatic carbocycles. The summed E-state index contributed by atoms with van der Waals surface area (Å²) in [5.74, 6) is 0.167. The van der Waals surface area contributed by atoms with E-state index in [1.165, 1.54) is 0 Å². The van der Waals surface area contributed by atoms with Crippen molar-refractivity contribution in [2.45, 2.75) is 32.6 Å². The van der Waals surface area contributed by atoms with E-state index in [-0.39, 0.29) is 17.6 Å². The quantitative estimate of drug-likeness (QED) is 0.774. The van der Waals surface area contributed by atoms with Gasteiger partial charge in [0.25, 0.3) is 0 Å². The predicted molar refractivity (Wildman–Crippen MR) is 73.1 cm³/mol. The number of nitrogens with zero attached hydrogens (tertiary/aromatic N) is 1. The van der Waals surface area contributed by atoms with E-state index < -0.39 is 0 Å². The molecular formula is C16H19NO2. The van der Waals surface area contributed by atoms with Crippen molar-refractivity contribution in [3.8, 4) is 0 Å². The van der Waals surface area contributed by atoms with Crippen LogP contribution in [0.5, 0.6) is 0 Å². The first-order valence-electron chi connectivity index (χ1n) is 7.06. The lowest BCUT2D eigenvalue weighted by Crippen LogP contribution is -2.37. The van der Waals surface area contributed by atoms with Crippen LogP contribution in [0.4, 0.5) is 0 Å². The summed E-state index contributed by atoms with van der Waals surface area (Å²) < 4.78 is 0. The number of fused-ring (bicyclic) bond motifs is 1. The van der Waals surface area contributed by atoms with Crippen LogP contribution in [0.2, 0.25) is 0 Å². The van der Waals surface area contributed by atoms with Crippen LogP contribution in [-0.2, 0) is 11.2 Å². The largest absolute Gasteiger partial charge is 0.342 e. The summed E-state index contributed by atoms with van der Waals surface area (Å²) in [7, 11) is 0. The molecule has 0 saturated carbocycles. The van der Waals surface area contributed by atoms with Gasteiger partial charge in [-0.05, 0) is 37.8 Å². The maximum atomic E-state index is 12.4. The first-order valence-corrected chi connectivity index (χ1v) is 7.06. The molecule has 0 bridgehead atoms. The fourth-order valence-electron chi connectivity index (χ4n) is 3.17. The van der Waals surface area contributed by atoms with E-state index in [4.69, 9.17) is 0 Å². The van der Waals surface area contributed by atoms with Gasteiger partial charge in [0.15, 0.2) is 5.78 Å². The first kappa shape index (κ1) is 12.4. The standard InChI is InChI=1S/C16H19NO2/c1-11-4-5-12-9-13(10-15(18)14(12)8-11)16(19)17-6-2-3-7-17/h4-5,8,13H,2-3,6-7,9-10H2,1H3. The van der Waals surface area contributed by atoms with E-state index in [0.29, 0.717) is 6.42 Å². The highest BCUT2D eigenvalue weighted by Crippen LogP contribution is 2.28. The van der Waals surface area contributed by atoms with Gasteiger partial charge in [0.1, 0.15) is 0 Å². The average Bonchev–Trinajstić information content (AvgIpc) is 2.92. The second-order valence-corrected chi connectivity index (χ2v) is 5.72. The van der Waals surface area contributed by atoms with Crippen LogP contribution < -0.4 is 0 Å². The Morgan fingerprint density at radius 3 is 2.68 bits per heavy atom. The number of aryl methyl sites for hydroxylation is 1. The Kier molecular flexibility index (Phi) is 3.13. The van der Waals surface area contributed by atoms with Gasteiger partial charge in [-0.15, -0.1) is 0 Å². The third-order valence-corrected chi connectivity index (χ3v) is 4.23. The van der Waals surface area contributed by atoms with Crippen LogP contribution in [-0.4, -0.2) is 29.7 Å². The van der Waals surface area contributed by atoms with Gasteiger partial charge < -0.3 is 4.90 Å². The van der Waals surface area contributed by atoms with Crippen LogP contribution in [0.15, 0.2) is 18.2 Å². The Morgan fingerprint density at radius 1 is 1.21 bits per heavy atom. The van der Waals surface area contributed by atoms with Gasteiger partial charge in [-0.25, -0.2) is 0 Å². The van der Waals surface area contributed by atoms with Crippen molar-refractivity contribution in [1.82, 2.24) is 4.90 Å². The molecule has 1 saturated heterocycles. The number of ketones is 1. The van der Waals surface area contributed by atoms with Gasteiger partial charge in [0, 0.05) is 31.0 Å². The van der Waals surface area contributed by atoms with E-state index in [2.05, 4.69) is 0 Å². The van der Waals surface area contributed by atoms with E-state index in [0.717, 1.165) is 49.0 Å². The number of hydrogen-bond acceptors (Lipinski definition) is 2. The van der Waals surface area contributed by atoms with Crippen LogP contribution in [0.1, 0.15) is 40.7 Å². The van der Waals surface area contributed by atoms with Crippen LogP contribution in [0, 0.1) is 12.8 Å². The molecule has 0 aromatic heterocycles. The monoisotopic (exact) mass is 257 g/mol. The van der Waals surface area contributed by atoms with E-state index in [1.54, 1.807) is 0 Å². The molecular weight excluding hydrogens is 238 g/mol. The zero-order chi connectivity index (χ0) is 13.4. The highest BCUT2D eigenvalue weighted by atomic mass is 16.2. The van der Waals surface area contributed by atoms with E-state index >= 15 is 0 Å². The minimum absolute atomic E-state index is 0.127. The molecule has 1 fully saturated rings. The second-order valence-electron chi connectivity index (χ2n) is 5.72. The minimum atomic E-state index is -0.138. The van der Waals surface area contributed by atoms with Crippen molar-refractivity contribution in [2.75, 3.05) is 13.1 Å². The number of Topliss-reactive ketones (excluding diaryl/α,β-unsaturated/α-hetero) is 1. The topological polar surface area (TPSA) is 37.4 Å². The molecule has 1 amide bonds. The highest BCUT2D eigenvalue weighted by Gasteiger charge is 2.33. The number of amides is 1. The van der Waals surface area contributed by atoms with Gasteiger partial charge in [-0.2, -0.15) is 0 Å². The van der Waals surface area contributed by atoms with Crippen LogP contribution in [0.25, 0.3) is 0 Å². The van der Waals surface area contributed by atoms with Crippen LogP contribution >= 0.6 is 0 Å². The number of rotatable bonds is 1. The molecule has 0 spiro atoms. The number of carbonyl (C=O) groups excluding carboxylic acids is 2. The fraction of sp³-hybridized carbons (Fsp3) is 0.500. The predicted octanol–water partition coefficient (Wildman–Crippen LogP) is 2.36. The second kappa shape index (κ2) is 4.80. The van der Waals surface area contributed by atoms with Gasteiger partial charge >= 0.3 is 0 Å². The van der Waals surface area contributed by atoms with Crippen molar-refractivity contribution in [1.29, 1.82) is 0 Å². The zero-order valence-electron chi connectivity index (χ0n) is 11.3. The molecule has 100 valence electrons. The Bertz CT molecular complexity index is 530. The van der Waals surface area contributed by atoms with E-state index in [9.17, 15) is 9.59 Å². The molecule has 1 aromatic carbocycles. The molecule has 1 aromatic rings. The van der Waals surface area contributed by atoms with Crippen molar-refractivity contribution in [2.24, 2.45) is 5.92 Å². The zero-order valence-corrected chi connectivity index (χ0v) is 11.3. The molecule has 0 N–H and O–H groups in total. The third-order valence-electron chi connectivity index (χ3n) is 4.23. The van der Waals surface area contributed by atoms with Crippen LogP contribution in [0.3, 0.4) is 0 Å². The molecule has 1 aliphatic heterocycles. The van der Waals surface area contributed by atoms with Crippen molar-refractivity contribution in [3.63, 3.8) is 0 Å². The van der Waals surface area contributed by atoms with Crippen molar-refractivity contribution >= 4 is 11.7 Å². The molecule has 1 unspecified atom stereocenters. The van der Waals surface area contributed by atoms with Crippen molar-refractivity contribution < 1.29 is 9.59 Å². The Balaban J connectivity index is 1.82. The third kappa shape index (κ3) is 2.29. The number of hydrogen-bond donors (Lipinski definition) is 0. The highest BCUT2D eigenvalue weighted by molar-refractivity contribution is 6.01.